The Kier molecular flexibility index (Phi) is 2.85. The third kappa shape index (κ3) is 2.02. The fourth-order valence-corrected chi connectivity index (χ4v) is 2.79. The Morgan fingerprint density at radius 2 is 2.17 bits per heavy atom. The topological polar surface area (TPSA) is 69.6 Å². The van der Waals surface area contributed by atoms with E-state index in [1.807, 2.05) is 35.0 Å². The number of anilines is 1. The molecule has 3 aromatic rings. The lowest BCUT2D eigenvalue weighted by Gasteiger charge is -2.04. The Hall–Kier alpha value is -1.73. The number of benzene rings is 1. The number of tetrazole rings is 1. The standard InChI is InChI=1S/C11H8BrN5S/c12-8-3-7(4-9(13)5-8)11-14-15-16-17(11)10-1-2-18-6-10/h1-6H,13H2. The molecule has 2 N–H and O–H groups in total. The first-order valence-electron chi connectivity index (χ1n) is 5.11. The van der Waals surface area contributed by atoms with Crippen LogP contribution >= 0.6 is 27.3 Å². The highest BCUT2D eigenvalue weighted by atomic mass is 79.9. The lowest BCUT2D eigenvalue weighted by Crippen LogP contribution is -1.98. The van der Waals surface area contributed by atoms with Gasteiger partial charge in [-0.1, -0.05) is 15.9 Å². The molecule has 0 radical (unpaired) electrons. The van der Waals surface area contributed by atoms with E-state index in [2.05, 4.69) is 31.5 Å². The van der Waals surface area contributed by atoms with Crippen LogP contribution in [0.5, 0.6) is 0 Å². The first kappa shape index (κ1) is 11.4. The van der Waals surface area contributed by atoms with Crippen molar-refractivity contribution in [1.82, 2.24) is 20.2 Å². The number of nitrogen functional groups attached to an aromatic ring is 1. The predicted octanol–water partition coefficient (Wildman–Crippen LogP) is 2.74. The SMILES string of the molecule is Nc1cc(Br)cc(-c2nnnn2-c2ccsc2)c1. The van der Waals surface area contributed by atoms with E-state index < -0.39 is 0 Å². The van der Waals surface area contributed by atoms with Crippen molar-refractivity contribution in [2.24, 2.45) is 0 Å². The second kappa shape index (κ2) is 4.51. The minimum absolute atomic E-state index is 0.666. The van der Waals surface area contributed by atoms with Gasteiger partial charge in [0.25, 0.3) is 0 Å². The number of rotatable bonds is 2. The summed E-state index contributed by atoms with van der Waals surface area (Å²) in [4.78, 5) is 0. The molecule has 0 saturated heterocycles. The van der Waals surface area contributed by atoms with Crippen LogP contribution in [0.15, 0.2) is 39.5 Å². The fraction of sp³-hybridized carbons (Fsp3) is 0. The summed E-state index contributed by atoms with van der Waals surface area (Å²) in [6.45, 7) is 0. The van der Waals surface area contributed by atoms with Crippen molar-refractivity contribution >= 4 is 33.0 Å². The Balaban J connectivity index is 2.15. The zero-order valence-corrected chi connectivity index (χ0v) is 11.5. The van der Waals surface area contributed by atoms with Crippen LogP contribution in [0.3, 0.4) is 0 Å². The first-order valence-corrected chi connectivity index (χ1v) is 6.85. The molecule has 0 saturated carbocycles. The molecule has 90 valence electrons. The molecule has 0 bridgehead atoms. The molecular formula is C11H8BrN5S. The van der Waals surface area contributed by atoms with Crippen molar-refractivity contribution in [2.75, 3.05) is 5.73 Å². The van der Waals surface area contributed by atoms with Gasteiger partial charge in [-0.05, 0) is 40.1 Å². The minimum Gasteiger partial charge on any atom is -0.399 e. The summed E-state index contributed by atoms with van der Waals surface area (Å²) in [5.74, 6) is 0.668. The number of halogens is 1. The molecule has 1 aromatic carbocycles. The summed E-state index contributed by atoms with van der Waals surface area (Å²) < 4.78 is 2.59. The molecule has 0 aliphatic carbocycles. The molecule has 0 amide bonds. The highest BCUT2D eigenvalue weighted by Crippen LogP contribution is 2.26. The van der Waals surface area contributed by atoms with E-state index in [4.69, 9.17) is 5.73 Å². The van der Waals surface area contributed by atoms with Crippen LogP contribution in [0.2, 0.25) is 0 Å². The van der Waals surface area contributed by atoms with Gasteiger partial charge < -0.3 is 5.73 Å². The summed E-state index contributed by atoms with van der Waals surface area (Å²) >= 11 is 5.01. The maximum atomic E-state index is 5.83. The van der Waals surface area contributed by atoms with E-state index in [1.54, 1.807) is 16.0 Å². The zero-order chi connectivity index (χ0) is 12.5. The number of nitrogens with two attached hydrogens (primary N) is 1. The number of thiophene rings is 1. The van der Waals surface area contributed by atoms with Gasteiger partial charge in [-0.15, -0.1) is 5.10 Å². The Labute approximate surface area is 115 Å². The molecular weight excluding hydrogens is 314 g/mol. The second-order valence-corrected chi connectivity index (χ2v) is 5.36. The van der Waals surface area contributed by atoms with E-state index in [9.17, 15) is 0 Å². The van der Waals surface area contributed by atoms with Crippen LogP contribution < -0.4 is 5.73 Å². The third-order valence-corrected chi connectivity index (χ3v) is 3.53. The van der Waals surface area contributed by atoms with Crippen LogP contribution in [0.1, 0.15) is 0 Å². The largest absolute Gasteiger partial charge is 0.399 e. The molecule has 3 rings (SSSR count). The van der Waals surface area contributed by atoms with Crippen molar-refractivity contribution < 1.29 is 0 Å². The lowest BCUT2D eigenvalue weighted by molar-refractivity contribution is 0.793. The van der Waals surface area contributed by atoms with Crippen LogP contribution in [0, 0.1) is 0 Å². The van der Waals surface area contributed by atoms with Crippen molar-refractivity contribution in [2.45, 2.75) is 0 Å². The average molecular weight is 322 g/mol. The third-order valence-electron chi connectivity index (χ3n) is 2.40. The van der Waals surface area contributed by atoms with Gasteiger partial charge in [0.15, 0.2) is 5.82 Å². The molecule has 0 atom stereocenters. The normalized spacial score (nSPS) is 10.7. The van der Waals surface area contributed by atoms with Gasteiger partial charge in [0.2, 0.25) is 0 Å². The van der Waals surface area contributed by atoms with Crippen molar-refractivity contribution in [1.29, 1.82) is 0 Å². The molecule has 5 nitrogen and oxygen atoms in total. The molecule has 0 spiro atoms. The maximum absolute atomic E-state index is 5.83. The number of hydrogen-bond acceptors (Lipinski definition) is 5. The van der Waals surface area contributed by atoms with E-state index in [0.717, 1.165) is 15.7 Å². The van der Waals surface area contributed by atoms with E-state index in [1.165, 1.54) is 0 Å². The van der Waals surface area contributed by atoms with Crippen LogP contribution in [-0.4, -0.2) is 20.2 Å². The summed E-state index contributed by atoms with van der Waals surface area (Å²) in [6, 6.07) is 7.58. The summed E-state index contributed by atoms with van der Waals surface area (Å²) in [7, 11) is 0. The molecule has 7 heteroatoms. The van der Waals surface area contributed by atoms with E-state index in [0.29, 0.717) is 11.5 Å². The highest BCUT2D eigenvalue weighted by Gasteiger charge is 2.11. The lowest BCUT2D eigenvalue weighted by atomic mass is 10.2. The van der Waals surface area contributed by atoms with Crippen molar-refractivity contribution in [3.8, 4) is 17.1 Å². The summed E-state index contributed by atoms with van der Waals surface area (Å²) in [5, 5.41) is 15.7. The fourth-order valence-electron chi connectivity index (χ4n) is 1.66. The summed E-state index contributed by atoms with van der Waals surface area (Å²) in [6.07, 6.45) is 0. The average Bonchev–Trinajstić information content (AvgIpc) is 2.98. The Morgan fingerprint density at radius 3 is 2.89 bits per heavy atom. The Bertz CT molecular complexity index is 656. The van der Waals surface area contributed by atoms with Gasteiger partial charge in [-0.2, -0.15) is 16.0 Å². The zero-order valence-electron chi connectivity index (χ0n) is 9.12. The van der Waals surface area contributed by atoms with Gasteiger partial charge in [0.1, 0.15) is 0 Å². The van der Waals surface area contributed by atoms with Crippen molar-refractivity contribution in [3.63, 3.8) is 0 Å². The second-order valence-electron chi connectivity index (χ2n) is 3.67. The van der Waals surface area contributed by atoms with Gasteiger partial charge in [-0.3, -0.25) is 0 Å². The first-order chi connectivity index (χ1) is 8.74. The summed E-state index contributed by atoms with van der Waals surface area (Å²) in [5.41, 5.74) is 8.31. The molecule has 0 aliphatic rings. The van der Waals surface area contributed by atoms with E-state index >= 15 is 0 Å². The van der Waals surface area contributed by atoms with Gasteiger partial charge in [0.05, 0.1) is 5.69 Å². The molecule has 0 fully saturated rings. The van der Waals surface area contributed by atoms with E-state index in [-0.39, 0.29) is 0 Å². The van der Waals surface area contributed by atoms with Crippen LogP contribution in [0.4, 0.5) is 5.69 Å². The molecule has 2 heterocycles. The van der Waals surface area contributed by atoms with Gasteiger partial charge >= 0.3 is 0 Å². The predicted molar refractivity (Wildman–Crippen MR) is 74.6 cm³/mol. The van der Waals surface area contributed by atoms with Crippen molar-refractivity contribution in [3.05, 3.63) is 39.5 Å². The number of nitrogens with zero attached hydrogens (tertiary/aromatic N) is 4. The quantitative estimate of drug-likeness (QED) is 0.737. The van der Waals surface area contributed by atoms with Crippen LogP contribution in [0.25, 0.3) is 17.1 Å². The molecule has 2 aromatic heterocycles. The van der Waals surface area contributed by atoms with Gasteiger partial charge in [-0.25, -0.2) is 0 Å². The number of aromatic nitrogens is 4. The highest BCUT2D eigenvalue weighted by molar-refractivity contribution is 9.10. The molecule has 18 heavy (non-hydrogen) atoms. The molecule has 0 unspecified atom stereocenters. The van der Waals surface area contributed by atoms with Crippen LogP contribution in [-0.2, 0) is 0 Å². The van der Waals surface area contributed by atoms with Gasteiger partial charge in [0, 0.05) is 21.1 Å². The maximum Gasteiger partial charge on any atom is 0.187 e. The molecule has 0 aliphatic heterocycles. The smallest absolute Gasteiger partial charge is 0.187 e. The Morgan fingerprint density at radius 1 is 1.28 bits per heavy atom. The number of hydrogen-bond donors (Lipinski definition) is 1. The minimum atomic E-state index is 0.666. The monoisotopic (exact) mass is 321 g/mol.